The Balaban J connectivity index is 2.66. The third-order valence-electron chi connectivity index (χ3n) is 1.81. The van der Waals surface area contributed by atoms with E-state index in [1.807, 2.05) is 6.08 Å². The fourth-order valence-electron chi connectivity index (χ4n) is 1.16. The molecule has 0 saturated carbocycles. The number of allylic oxidation sites excluding steroid dienone is 3. The predicted molar refractivity (Wildman–Crippen MR) is 49.0 cm³/mol. The SMILES string of the molecule is CC/C=C\C1=C(NN)CCCO1. The molecule has 0 aromatic carbocycles. The van der Waals surface area contributed by atoms with Gasteiger partial charge < -0.3 is 10.2 Å². The molecule has 1 heterocycles. The molecule has 3 heteroatoms. The van der Waals surface area contributed by atoms with Crippen molar-refractivity contribution < 1.29 is 4.74 Å². The standard InChI is InChI=1S/C9H16N2O/c1-2-3-6-9-8(11-10)5-4-7-12-9/h3,6,11H,2,4-5,7,10H2,1H3/b6-3-. The lowest BCUT2D eigenvalue weighted by molar-refractivity contribution is 0.195. The van der Waals surface area contributed by atoms with Gasteiger partial charge in [-0.1, -0.05) is 13.0 Å². The van der Waals surface area contributed by atoms with E-state index in [-0.39, 0.29) is 0 Å². The third kappa shape index (κ3) is 2.27. The molecule has 0 saturated heterocycles. The first kappa shape index (κ1) is 9.13. The average Bonchev–Trinajstić information content (AvgIpc) is 2.15. The summed E-state index contributed by atoms with van der Waals surface area (Å²) in [4.78, 5) is 0. The molecular formula is C9H16N2O. The van der Waals surface area contributed by atoms with Crippen LogP contribution < -0.4 is 11.3 Å². The summed E-state index contributed by atoms with van der Waals surface area (Å²) in [6.07, 6.45) is 7.10. The van der Waals surface area contributed by atoms with Crippen LogP contribution in [0, 0.1) is 0 Å². The Morgan fingerprint density at radius 1 is 1.67 bits per heavy atom. The minimum absolute atomic E-state index is 0.800. The Morgan fingerprint density at radius 2 is 2.50 bits per heavy atom. The van der Waals surface area contributed by atoms with Crippen molar-refractivity contribution in [2.24, 2.45) is 5.84 Å². The second-order valence-electron chi connectivity index (χ2n) is 2.75. The highest BCUT2D eigenvalue weighted by atomic mass is 16.5. The fraction of sp³-hybridized carbons (Fsp3) is 0.556. The first-order chi connectivity index (χ1) is 5.88. The predicted octanol–water partition coefficient (Wildman–Crippen LogP) is 1.44. The summed E-state index contributed by atoms with van der Waals surface area (Å²) < 4.78 is 5.43. The molecule has 0 aromatic rings. The molecule has 0 spiro atoms. The molecule has 0 bridgehead atoms. The molecule has 1 rings (SSSR count). The number of hydrazine groups is 1. The van der Waals surface area contributed by atoms with Gasteiger partial charge in [-0.15, -0.1) is 0 Å². The topological polar surface area (TPSA) is 47.3 Å². The van der Waals surface area contributed by atoms with Gasteiger partial charge in [0.05, 0.1) is 12.3 Å². The van der Waals surface area contributed by atoms with E-state index in [2.05, 4.69) is 18.4 Å². The maximum atomic E-state index is 5.43. The van der Waals surface area contributed by atoms with Gasteiger partial charge in [-0.05, 0) is 25.3 Å². The summed E-state index contributed by atoms with van der Waals surface area (Å²) in [5.41, 5.74) is 3.67. The van der Waals surface area contributed by atoms with Crippen molar-refractivity contribution in [1.29, 1.82) is 0 Å². The molecule has 68 valence electrons. The van der Waals surface area contributed by atoms with Crippen molar-refractivity contribution >= 4 is 0 Å². The van der Waals surface area contributed by atoms with E-state index in [0.717, 1.165) is 37.3 Å². The van der Waals surface area contributed by atoms with E-state index in [1.54, 1.807) is 0 Å². The normalized spacial score (nSPS) is 18.2. The molecule has 0 aromatic heterocycles. The lowest BCUT2D eigenvalue weighted by atomic mass is 10.2. The van der Waals surface area contributed by atoms with Gasteiger partial charge in [0.15, 0.2) is 0 Å². The Labute approximate surface area is 73.2 Å². The van der Waals surface area contributed by atoms with E-state index >= 15 is 0 Å². The van der Waals surface area contributed by atoms with Crippen LogP contribution in [0.25, 0.3) is 0 Å². The van der Waals surface area contributed by atoms with Crippen LogP contribution in [0.15, 0.2) is 23.6 Å². The minimum Gasteiger partial charge on any atom is -0.492 e. The number of nitrogens with one attached hydrogen (secondary N) is 1. The summed E-state index contributed by atoms with van der Waals surface area (Å²) in [6, 6.07) is 0. The van der Waals surface area contributed by atoms with Gasteiger partial charge in [0.2, 0.25) is 0 Å². The minimum atomic E-state index is 0.800. The Bertz CT molecular complexity index is 197. The molecule has 1 aliphatic rings. The van der Waals surface area contributed by atoms with Crippen LogP contribution in [-0.4, -0.2) is 6.61 Å². The van der Waals surface area contributed by atoms with Crippen LogP contribution in [0.1, 0.15) is 26.2 Å². The highest BCUT2D eigenvalue weighted by Crippen LogP contribution is 2.16. The molecule has 0 fully saturated rings. The van der Waals surface area contributed by atoms with Crippen molar-refractivity contribution in [3.05, 3.63) is 23.6 Å². The summed E-state index contributed by atoms with van der Waals surface area (Å²) in [5.74, 6) is 6.24. The van der Waals surface area contributed by atoms with Crippen molar-refractivity contribution in [3.63, 3.8) is 0 Å². The van der Waals surface area contributed by atoms with Gasteiger partial charge in [0.25, 0.3) is 0 Å². The van der Waals surface area contributed by atoms with Crippen LogP contribution in [0.3, 0.4) is 0 Å². The number of nitrogens with two attached hydrogens (primary N) is 1. The number of rotatable bonds is 3. The lowest BCUT2D eigenvalue weighted by Crippen LogP contribution is -2.25. The summed E-state index contributed by atoms with van der Waals surface area (Å²) in [7, 11) is 0. The van der Waals surface area contributed by atoms with Gasteiger partial charge in [-0.25, -0.2) is 0 Å². The smallest absolute Gasteiger partial charge is 0.139 e. The van der Waals surface area contributed by atoms with Crippen LogP contribution in [0.5, 0.6) is 0 Å². The second kappa shape index (κ2) is 4.83. The average molecular weight is 168 g/mol. The van der Waals surface area contributed by atoms with Crippen molar-refractivity contribution in [1.82, 2.24) is 5.43 Å². The van der Waals surface area contributed by atoms with Crippen LogP contribution >= 0.6 is 0 Å². The van der Waals surface area contributed by atoms with E-state index in [1.165, 1.54) is 0 Å². The van der Waals surface area contributed by atoms with Crippen LogP contribution in [-0.2, 0) is 4.74 Å². The van der Waals surface area contributed by atoms with Crippen molar-refractivity contribution in [3.8, 4) is 0 Å². The number of hydrogen-bond acceptors (Lipinski definition) is 3. The summed E-state index contributed by atoms with van der Waals surface area (Å²) >= 11 is 0. The van der Waals surface area contributed by atoms with Gasteiger partial charge in [-0.3, -0.25) is 5.84 Å². The molecule has 1 aliphatic heterocycles. The highest BCUT2D eigenvalue weighted by Gasteiger charge is 2.09. The fourth-order valence-corrected chi connectivity index (χ4v) is 1.16. The van der Waals surface area contributed by atoms with Gasteiger partial charge in [0, 0.05) is 0 Å². The number of ether oxygens (including phenoxy) is 1. The zero-order chi connectivity index (χ0) is 8.81. The third-order valence-corrected chi connectivity index (χ3v) is 1.81. The first-order valence-corrected chi connectivity index (χ1v) is 4.37. The zero-order valence-electron chi connectivity index (χ0n) is 7.47. The molecule has 12 heavy (non-hydrogen) atoms. The van der Waals surface area contributed by atoms with Crippen molar-refractivity contribution in [2.45, 2.75) is 26.2 Å². The quantitative estimate of drug-likeness (QED) is 0.495. The molecular weight excluding hydrogens is 152 g/mol. The molecule has 0 unspecified atom stereocenters. The zero-order valence-corrected chi connectivity index (χ0v) is 7.47. The van der Waals surface area contributed by atoms with Gasteiger partial charge in [-0.2, -0.15) is 0 Å². The second-order valence-corrected chi connectivity index (χ2v) is 2.75. The Kier molecular flexibility index (Phi) is 3.67. The van der Waals surface area contributed by atoms with Crippen LogP contribution in [0.2, 0.25) is 0 Å². The van der Waals surface area contributed by atoms with Crippen molar-refractivity contribution in [2.75, 3.05) is 6.61 Å². The molecule has 0 amide bonds. The Morgan fingerprint density at radius 3 is 3.17 bits per heavy atom. The molecule has 0 radical (unpaired) electrons. The van der Waals surface area contributed by atoms with E-state index in [0.29, 0.717) is 0 Å². The summed E-state index contributed by atoms with van der Waals surface area (Å²) in [6.45, 7) is 2.89. The molecule has 3 N–H and O–H groups in total. The first-order valence-electron chi connectivity index (χ1n) is 4.37. The molecule has 0 atom stereocenters. The van der Waals surface area contributed by atoms with Gasteiger partial charge >= 0.3 is 0 Å². The maximum Gasteiger partial charge on any atom is 0.139 e. The largest absolute Gasteiger partial charge is 0.492 e. The summed E-state index contributed by atoms with van der Waals surface area (Å²) in [5, 5.41) is 0. The molecule has 0 aliphatic carbocycles. The van der Waals surface area contributed by atoms with Crippen LogP contribution in [0.4, 0.5) is 0 Å². The van der Waals surface area contributed by atoms with E-state index in [4.69, 9.17) is 10.6 Å². The highest BCUT2D eigenvalue weighted by molar-refractivity contribution is 5.20. The maximum absolute atomic E-state index is 5.43. The molecule has 3 nitrogen and oxygen atoms in total. The van der Waals surface area contributed by atoms with E-state index < -0.39 is 0 Å². The lowest BCUT2D eigenvalue weighted by Gasteiger charge is -2.18. The Hall–Kier alpha value is -0.960. The van der Waals surface area contributed by atoms with Gasteiger partial charge in [0.1, 0.15) is 5.76 Å². The monoisotopic (exact) mass is 168 g/mol. The number of hydrogen-bond donors (Lipinski definition) is 2. The van der Waals surface area contributed by atoms with E-state index in [9.17, 15) is 0 Å².